The summed E-state index contributed by atoms with van der Waals surface area (Å²) in [6, 6.07) is 5.42. The van der Waals surface area contributed by atoms with Gasteiger partial charge < -0.3 is 9.84 Å². The van der Waals surface area contributed by atoms with Crippen LogP contribution in [-0.2, 0) is 0 Å². The van der Waals surface area contributed by atoms with Crippen molar-refractivity contribution in [2.75, 3.05) is 0 Å². The first-order chi connectivity index (χ1) is 9.41. The first-order valence-corrected chi connectivity index (χ1v) is 5.51. The fourth-order valence-electron chi connectivity index (χ4n) is 1.67. The molecular weight excluding hydrogens is 274 g/mol. The zero-order chi connectivity index (χ0) is 14.9. The molecule has 0 atom stereocenters. The van der Waals surface area contributed by atoms with Crippen LogP contribution < -0.4 is 16.0 Å². The van der Waals surface area contributed by atoms with Crippen LogP contribution in [0.1, 0.15) is 5.56 Å². The highest BCUT2D eigenvalue weighted by Gasteiger charge is 2.17. The Labute approximate surface area is 110 Å². The molecule has 0 saturated heterocycles. The molecule has 0 amide bonds. The number of rotatable bonds is 3. The quantitative estimate of drug-likeness (QED) is 0.885. The van der Waals surface area contributed by atoms with Crippen LogP contribution in [0.15, 0.2) is 33.9 Å². The van der Waals surface area contributed by atoms with E-state index in [0.29, 0.717) is 4.57 Å². The van der Waals surface area contributed by atoms with Crippen molar-refractivity contribution in [3.63, 3.8) is 0 Å². The molecule has 0 aliphatic heterocycles. The molecule has 0 aliphatic carbocycles. The summed E-state index contributed by atoms with van der Waals surface area (Å²) in [4.78, 5) is 25.1. The van der Waals surface area contributed by atoms with Gasteiger partial charge in [-0.15, -0.1) is 0 Å². The molecule has 8 heteroatoms. The van der Waals surface area contributed by atoms with Crippen molar-refractivity contribution in [1.82, 2.24) is 9.55 Å². The molecule has 0 bridgehead atoms. The molecular formula is C12H10F2N2O4. The number of aromatic amines is 1. The highest BCUT2D eigenvalue weighted by molar-refractivity contribution is 5.49. The fraction of sp³-hybridized carbons (Fsp3) is 0.167. The Balaban J connectivity index is 2.73. The molecule has 0 aliphatic rings. The van der Waals surface area contributed by atoms with Crippen molar-refractivity contribution in [2.24, 2.45) is 0 Å². The number of H-pyrrole nitrogens is 1. The van der Waals surface area contributed by atoms with Gasteiger partial charge in [-0.3, -0.25) is 9.78 Å². The Morgan fingerprint density at radius 2 is 1.95 bits per heavy atom. The lowest BCUT2D eigenvalue weighted by Crippen LogP contribution is -2.30. The van der Waals surface area contributed by atoms with E-state index >= 15 is 0 Å². The number of nitrogens with one attached hydrogen (secondary N) is 1. The van der Waals surface area contributed by atoms with Gasteiger partial charge in [0.2, 0.25) is 5.88 Å². The number of alkyl halides is 2. The van der Waals surface area contributed by atoms with Crippen LogP contribution in [-0.4, -0.2) is 21.3 Å². The first kappa shape index (κ1) is 13.8. The molecule has 2 rings (SSSR count). The maximum Gasteiger partial charge on any atom is 0.387 e. The van der Waals surface area contributed by atoms with Crippen molar-refractivity contribution < 1.29 is 18.6 Å². The van der Waals surface area contributed by atoms with Crippen LogP contribution in [0.2, 0.25) is 0 Å². The summed E-state index contributed by atoms with van der Waals surface area (Å²) in [5, 5.41) is 9.87. The predicted molar refractivity (Wildman–Crippen MR) is 65.7 cm³/mol. The number of hydrogen-bond donors (Lipinski definition) is 2. The van der Waals surface area contributed by atoms with Crippen molar-refractivity contribution in [3.8, 4) is 17.3 Å². The summed E-state index contributed by atoms with van der Waals surface area (Å²) in [5.74, 6) is -0.935. The highest BCUT2D eigenvalue weighted by Crippen LogP contribution is 2.26. The molecule has 0 unspecified atom stereocenters. The molecule has 0 spiro atoms. The number of nitrogens with zero attached hydrogens (tertiary/aromatic N) is 1. The smallest absolute Gasteiger partial charge is 0.387 e. The van der Waals surface area contributed by atoms with E-state index < -0.39 is 23.7 Å². The van der Waals surface area contributed by atoms with Crippen LogP contribution in [0.4, 0.5) is 8.78 Å². The topological polar surface area (TPSA) is 84.3 Å². The molecule has 106 valence electrons. The van der Waals surface area contributed by atoms with Crippen molar-refractivity contribution >= 4 is 0 Å². The van der Waals surface area contributed by atoms with E-state index in [4.69, 9.17) is 0 Å². The lowest BCUT2D eigenvalue weighted by Gasteiger charge is -2.14. The fourth-order valence-corrected chi connectivity index (χ4v) is 1.67. The van der Waals surface area contributed by atoms with E-state index in [2.05, 4.69) is 4.74 Å². The van der Waals surface area contributed by atoms with Crippen molar-refractivity contribution in [2.45, 2.75) is 13.5 Å². The number of hydrogen-bond acceptors (Lipinski definition) is 4. The van der Waals surface area contributed by atoms with E-state index in [-0.39, 0.29) is 17.0 Å². The number of ether oxygens (including phenoxy) is 1. The molecule has 0 radical (unpaired) electrons. The Morgan fingerprint density at radius 3 is 2.60 bits per heavy atom. The number of aromatic nitrogens is 2. The zero-order valence-electron chi connectivity index (χ0n) is 10.3. The second-order valence-electron chi connectivity index (χ2n) is 3.89. The van der Waals surface area contributed by atoms with Gasteiger partial charge in [0.05, 0.1) is 11.3 Å². The van der Waals surface area contributed by atoms with Crippen molar-refractivity contribution in [1.29, 1.82) is 0 Å². The Hall–Kier alpha value is -2.64. The third-order valence-electron chi connectivity index (χ3n) is 2.63. The van der Waals surface area contributed by atoms with E-state index in [1.807, 2.05) is 4.98 Å². The Bertz CT molecular complexity index is 752. The van der Waals surface area contributed by atoms with Crippen LogP contribution in [0.25, 0.3) is 5.69 Å². The second kappa shape index (κ2) is 5.16. The summed E-state index contributed by atoms with van der Waals surface area (Å²) >= 11 is 0. The molecule has 2 aromatic rings. The average Bonchev–Trinajstić information content (AvgIpc) is 2.37. The number of aromatic hydroxyl groups is 1. The number of para-hydroxylation sites is 2. The third-order valence-corrected chi connectivity index (χ3v) is 2.63. The van der Waals surface area contributed by atoms with Gasteiger partial charge in [0.1, 0.15) is 5.75 Å². The lowest BCUT2D eigenvalue weighted by molar-refractivity contribution is -0.0499. The van der Waals surface area contributed by atoms with E-state index in [9.17, 15) is 23.5 Å². The third kappa shape index (κ3) is 2.40. The van der Waals surface area contributed by atoms with Gasteiger partial charge in [-0.1, -0.05) is 12.1 Å². The Morgan fingerprint density at radius 1 is 1.30 bits per heavy atom. The summed E-state index contributed by atoms with van der Waals surface area (Å²) in [5.41, 5.74) is -1.93. The minimum Gasteiger partial charge on any atom is -0.494 e. The van der Waals surface area contributed by atoms with Crippen LogP contribution in [0, 0.1) is 6.92 Å². The molecule has 1 heterocycles. The maximum atomic E-state index is 12.3. The highest BCUT2D eigenvalue weighted by atomic mass is 19.3. The number of halogens is 2. The average molecular weight is 284 g/mol. The monoisotopic (exact) mass is 284 g/mol. The van der Waals surface area contributed by atoms with Gasteiger partial charge in [-0.25, -0.2) is 9.36 Å². The molecule has 1 aromatic carbocycles. The summed E-state index contributed by atoms with van der Waals surface area (Å²) in [7, 11) is 0. The minimum absolute atomic E-state index is 0.102. The van der Waals surface area contributed by atoms with Crippen LogP contribution >= 0.6 is 0 Å². The normalized spacial score (nSPS) is 10.8. The maximum absolute atomic E-state index is 12.3. The SMILES string of the molecule is Cc1c(O)n(-c2ccccc2OC(F)F)c(=O)[nH]c1=O. The molecule has 0 fully saturated rings. The summed E-state index contributed by atoms with van der Waals surface area (Å²) in [6.07, 6.45) is 0. The Kier molecular flexibility index (Phi) is 3.55. The number of benzene rings is 1. The zero-order valence-corrected chi connectivity index (χ0v) is 10.3. The first-order valence-electron chi connectivity index (χ1n) is 5.51. The molecule has 6 nitrogen and oxygen atoms in total. The van der Waals surface area contributed by atoms with Gasteiger partial charge in [-0.05, 0) is 19.1 Å². The van der Waals surface area contributed by atoms with Gasteiger partial charge >= 0.3 is 12.3 Å². The van der Waals surface area contributed by atoms with Gasteiger partial charge in [0, 0.05) is 0 Å². The van der Waals surface area contributed by atoms with Crippen LogP contribution in [0.3, 0.4) is 0 Å². The summed E-state index contributed by atoms with van der Waals surface area (Å²) in [6.45, 7) is -1.79. The van der Waals surface area contributed by atoms with E-state index in [1.165, 1.54) is 31.2 Å². The minimum atomic E-state index is -3.09. The largest absolute Gasteiger partial charge is 0.494 e. The standard InChI is InChI=1S/C12H10F2N2O4/c1-6-9(17)15-12(19)16(10(6)18)7-4-2-3-5-8(7)20-11(13)14/h2-5,11,18H,1H3,(H,15,17,19). The molecule has 0 saturated carbocycles. The molecule has 1 aromatic heterocycles. The van der Waals surface area contributed by atoms with Crippen molar-refractivity contribution in [3.05, 3.63) is 50.7 Å². The van der Waals surface area contributed by atoms with E-state index in [1.54, 1.807) is 0 Å². The molecule has 2 N–H and O–H groups in total. The molecule has 20 heavy (non-hydrogen) atoms. The predicted octanol–water partition coefficient (Wildman–Crippen LogP) is 1.14. The van der Waals surface area contributed by atoms with E-state index in [0.717, 1.165) is 0 Å². The summed E-state index contributed by atoms with van der Waals surface area (Å²) < 4.78 is 29.6. The second-order valence-corrected chi connectivity index (χ2v) is 3.89. The van der Waals surface area contributed by atoms with Crippen LogP contribution in [0.5, 0.6) is 11.6 Å². The van der Waals surface area contributed by atoms with Gasteiger partial charge in [0.25, 0.3) is 5.56 Å². The van der Waals surface area contributed by atoms with Gasteiger partial charge in [-0.2, -0.15) is 8.78 Å². The van der Waals surface area contributed by atoms with Gasteiger partial charge in [0.15, 0.2) is 0 Å². The lowest BCUT2D eigenvalue weighted by atomic mass is 10.2.